The van der Waals surface area contributed by atoms with Crippen LogP contribution in [0.1, 0.15) is 5.56 Å². The van der Waals surface area contributed by atoms with Crippen LogP contribution in [0.15, 0.2) is 47.5 Å². The summed E-state index contributed by atoms with van der Waals surface area (Å²) in [6, 6.07) is 8.07. The number of hydrogen-bond acceptors (Lipinski definition) is 2. The Labute approximate surface area is 107 Å². The number of aromatic nitrogens is 3. The quantitative estimate of drug-likeness (QED) is 0.686. The number of hydrogen-bond donors (Lipinski definition) is 0. The molecule has 3 aromatic rings. The first-order chi connectivity index (χ1) is 8.25. The zero-order valence-electron chi connectivity index (χ0n) is 9.26. The Bertz CT molecular complexity index is 674. The van der Waals surface area contributed by atoms with E-state index in [1.165, 1.54) is 5.56 Å². The van der Waals surface area contributed by atoms with E-state index in [1.54, 1.807) is 12.4 Å². The van der Waals surface area contributed by atoms with Gasteiger partial charge in [-0.3, -0.25) is 9.38 Å². The van der Waals surface area contributed by atoms with Crippen molar-refractivity contribution in [1.29, 1.82) is 0 Å². The molecular weight excluding hydrogens is 278 g/mol. The Balaban J connectivity index is 2.34. The van der Waals surface area contributed by atoms with Gasteiger partial charge in [0.1, 0.15) is 10.4 Å². The average molecular weight is 288 g/mol. The summed E-state index contributed by atoms with van der Waals surface area (Å²) in [4.78, 5) is 8.58. The zero-order chi connectivity index (χ0) is 11.8. The van der Waals surface area contributed by atoms with Crippen LogP contribution < -0.4 is 0 Å². The molecule has 4 heteroatoms. The minimum absolute atomic E-state index is 0.865. The van der Waals surface area contributed by atoms with E-state index in [2.05, 4.69) is 55.6 Å². The predicted octanol–water partition coefficient (Wildman–Crippen LogP) is 3.47. The standard InChI is InChI=1S/C13H10BrN3/c1-9-2-3-11-12(14)16-13(17(11)8-9)10-4-6-15-7-5-10/h2-8H,1H3. The fourth-order valence-corrected chi connectivity index (χ4v) is 2.35. The molecule has 0 fully saturated rings. The van der Waals surface area contributed by atoms with Gasteiger partial charge >= 0.3 is 0 Å². The second-order valence-corrected chi connectivity index (χ2v) is 4.67. The number of halogens is 1. The lowest BCUT2D eigenvalue weighted by atomic mass is 10.2. The van der Waals surface area contributed by atoms with Crippen LogP contribution in [-0.4, -0.2) is 14.4 Å². The highest BCUT2D eigenvalue weighted by Crippen LogP contribution is 2.25. The van der Waals surface area contributed by atoms with Crippen molar-refractivity contribution in [3.05, 3.63) is 53.0 Å². The van der Waals surface area contributed by atoms with Crippen LogP contribution in [0, 0.1) is 6.92 Å². The van der Waals surface area contributed by atoms with Crippen molar-refractivity contribution in [2.45, 2.75) is 6.92 Å². The molecule has 0 bridgehead atoms. The molecule has 3 heterocycles. The number of aryl methyl sites for hydroxylation is 1. The van der Waals surface area contributed by atoms with Gasteiger partial charge in [0.25, 0.3) is 0 Å². The smallest absolute Gasteiger partial charge is 0.146 e. The van der Waals surface area contributed by atoms with E-state index in [1.807, 2.05) is 12.1 Å². The van der Waals surface area contributed by atoms with E-state index in [9.17, 15) is 0 Å². The van der Waals surface area contributed by atoms with Crippen LogP contribution in [0.4, 0.5) is 0 Å². The van der Waals surface area contributed by atoms with Crippen LogP contribution >= 0.6 is 15.9 Å². The molecule has 84 valence electrons. The van der Waals surface area contributed by atoms with Crippen molar-refractivity contribution in [2.75, 3.05) is 0 Å². The Morgan fingerprint density at radius 2 is 1.88 bits per heavy atom. The minimum Gasteiger partial charge on any atom is -0.298 e. The van der Waals surface area contributed by atoms with Gasteiger partial charge in [-0.05, 0) is 46.6 Å². The first-order valence-corrected chi connectivity index (χ1v) is 6.09. The van der Waals surface area contributed by atoms with Gasteiger partial charge in [-0.15, -0.1) is 0 Å². The molecule has 0 saturated heterocycles. The van der Waals surface area contributed by atoms with Crippen LogP contribution in [0.3, 0.4) is 0 Å². The van der Waals surface area contributed by atoms with Crippen LogP contribution in [-0.2, 0) is 0 Å². The summed E-state index contributed by atoms with van der Waals surface area (Å²) >= 11 is 3.49. The summed E-state index contributed by atoms with van der Waals surface area (Å²) in [6.07, 6.45) is 5.64. The maximum Gasteiger partial charge on any atom is 0.146 e. The third kappa shape index (κ3) is 1.74. The molecule has 3 aromatic heterocycles. The lowest BCUT2D eigenvalue weighted by molar-refractivity contribution is 1.13. The number of fused-ring (bicyclic) bond motifs is 1. The highest BCUT2D eigenvalue weighted by Gasteiger charge is 2.10. The Morgan fingerprint density at radius 3 is 2.65 bits per heavy atom. The minimum atomic E-state index is 0.865. The SMILES string of the molecule is Cc1ccc2c(Br)nc(-c3ccncc3)n2c1. The van der Waals surface area contributed by atoms with Gasteiger partial charge in [0.05, 0.1) is 5.52 Å². The van der Waals surface area contributed by atoms with E-state index in [-0.39, 0.29) is 0 Å². The predicted molar refractivity (Wildman–Crippen MR) is 70.9 cm³/mol. The first-order valence-electron chi connectivity index (χ1n) is 5.30. The fraction of sp³-hybridized carbons (Fsp3) is 0.0769. The molecule has 0 atom stereocenters. The summed E-state index contributed by atoms with van der Waals surface area (Å²) < 4.78 is 2.96. The van der Waals surface area contributed by atoms with Crippen molar-refractivity contribution in [3.8, 4) is 11.4 Å². The first kappa shape index (κ1) is 10.5. The van der Waals surface area contributed by atoms with Gasteiger partial charge in [-0.25, -0.2) is 4.98 Å². The van der Waals surface area contributed by atoms with E-state index in [4.69, 9.17) is 0 Å². The number of pyridine rings is 2. The summed E-state index contributed by atoms with van der Waals surface area (Å²) in [6.45, 7) is 2.07. The summed E-state index contributed by atoms with van der Waals surface area (Å²) in [5.74, 6) is 0.929. The summed E-state index contributed by atoms with van der Waals surface area (Å²) in [5.41, 5.74) is 3.34. The van der Waals surface area contributed by atoms with Crippen LogP contribution in [0.2, 0.25) is 0 Å². The van der Waals surface area contributed by atoms with E-state index < -0.39 is 0 Å². The van der Waals surface area contributed by atoms with Gasteiger partial charge in [0.2, 0.25) is 0 Å². The van der Waals surface area contributed by atoms with Crippen molar-refractivity contribution in [2.24, 2.45) is 0 Å². The molecule has 3 rings (SSSR count). The lowest BCUT2D eigenvalue weighted by Crippen LogP contribution is -1.90. The average Bonchev–Trinajstić information content (AvgIpc) is 2.67. The number of nitrogens with zero attached hydrogens (tertiary/aromatic N) is 3. The van der Waals surface area contributed by atoms with Crippen LogP contribution in [0.5, 0.6) is 0 Å². The molecule has 0 aliphatic rings. The highest BCUT2D eigenvalue weighted by atomic mass is 79.9. The monoisotopic (exact) mass is 287 g/mol. The molecule has 0 aromatic carbocycles. The topological polar surface area (TPSA) is 30.2 Å². The van der Waals surface area contributed by atoms with Crippen molar-refractivity contribution in [1.82, 2.24) is 14.4 Å². The number of imidazole rings is 1. The fourth-order valence-electron chi connectivity index (χ4n) is 1.86. The largest absolute Gasteiger partial charge is 0.298 e. The molecule has 0 amide bonds. The van der Waals surface area contributed by atoms with Gasteiger partial charge in [-0.1, -0.05) is 6.07 Å². The molecule has 0 aliphatic carbocycles. The second kappa shape index (κ2) is 3.96. The summed E-state index contributed by atoms with van der Waals surface area (Å²) in [7, 11) is 0. The van der Waals surface area contributed by atoms with Gasteiger partial charge < -0.3 is 0 Å². The normalized spacial score (nSPS) is 10.9. The molecule has 0 aliphatic heterocycles. The molecule has 0 unspecified atom stereocenters. The van der Waals surface area contributed by atoms with Crippen molar-refractivity contribution < 1.29 is 0 Å². The molecule has 0 spiro atoms. The molecule has 0 saturated carbocycles. The lowest BCUT2D eigenvalue weighted by Gasteiger charge is -2.01. The molecule has 3 nitrogen and oxygen atoms in total. The van der Waals surface area contributed by atoms with Crippen molar-refractivity contribution >= 4 is 21.4 Å². The van der Waals surface area contributed by atoms with E-state index in [0.717, 1.165) is 21.5 Å². The summed E-state index contributed by atoms with van der Waals surface area (Å²) in [5, 5.41) is 0. The third-order valence-electron chi connectivity index (χ3n) is 2.68. The highest BCUT2D eigenvalue weighted by molar-refractivity contribution is 9.10. The molecule has 0 N–H and O–H groups in total. The maximum absolute atomic E-state index is 4.55. The Morgan fingerprint density at radius 1 is 1.12 bits per heavy atom. The van der Waals surface area contributed by atoms with Crippen molar-refractivity contribution in [3.63, 3.8) is 0 Å². The van der Waals surface area contributed by atoms with Gasteiger partial charge in [0.15, 0.2) is 0 Å². The van der Waals surface area contributed by atoms with E-state index >= 15 is 0 Å². The maximum atomic E-state index is 4.55. The molecule has 0 radical (unpaired) electrons. The Kier molecular flexibility index (Phi) is 2.44. The third-order valence-corrected chi connectivity index (χ3v) is 3.26. The van der Waals surface area contributed by atoms with Crippen LogP contribution in [0.25, 0.3) is 16.9 Å². The second-order valence-electron chi connectivity index (χ2n) is 3.92. The Hall–Kier alpha value is -1.68. The van der Waals surface area contributed by atoms with Gasteiger partial charge in [0, 0.05) is 24.2 Å². The number of rotatable bonds is 1. The zero-order valence-corrected chi connectivity index (χ0v) is 10.8. The molecule has 17 heavy (non-hydrogen) atoms. The molecular formula is C13H10BrN3. The van der Waals surface area contributed by atoms with E-state index in [0.29, 0.717) is 0 Å². The van der Waals surface area contributed by atoms with Gasteiger partial charge in [-0.2, -0.15) is 0 Å².